The Bertz CT molecular complexity index is 331. The van der Waals surface area contributed by atoms with E-state index in [1.54, 1.807) is 7.11 Å². The number of methoxy groups -OCH3 is 1. The van der Waals surface area contributed by atoms with Gasteiger partial charge in [-0.05, 0) is 19.3 Å². The Morgan fingerprint density at radius 3 is 2.56 bits per heavy atom. The van der Waals surface area contributed by atoms with Gasteiger partial charge in [0.05, 0.1) is 0 Å². The summed E-state index contributed by atoms with van der Waals surface area (Å²) in [5.74, 6) is 0.836. The maximum atomic E-state index is 11.9. The molecule has 0 radical (unpaired) electrons. The third-order valence-corrected chi connectivity index (χ3v) is 4.12. The van der Waals surface area contributed by atoms with E-state index < -0.39 is 0 Å². The molecule has 1 fully saturated rings. The van der Waals surface area contributed by atoms with Crippen LogP contribution < -0.4 is 5.32 Å². The van der Waals surface area contributed by atoms with E-state index in [9.17, 15) is 4.79 Å². The molecule has 1 N–H and O–H groups in total. The molecule has 0 bridgehead atoms. The molecule has 1 unspecified atom stereocenters. The molecule has 2 aliphatic rings. The highest BCUT2D eigenvalue weighted by Crippen LogP contribution is 2.32. The van der Waals surface area contributed by atoms with Crippen LogP contribution in [0.3, 0.4) is 0 Å². The fourth-order valence-electron chi connectivity index (χ4n) is 2.98. The van der Waals surface area contributed by atoms with Gasteiger partial charge in [0.25, 0.3) is 0 Å². The SMILES string of the molecule is CCCC1N=C(C2(OC)CCCCCC2)NC1=O. The summed E-state index contributed by atoms with van der Waals surface area (Å²) in [4.78, 5) is 16.5. The molecule has 102 valence electrons. The zero-order chi connectivity index (χ0) is 13.0. The van der Waals surface area contributed by atoms with Gasteiger partial charge in [0.15, 0.2) is 0 Å². The lowest BCUT2D eigenvalue weighted by Gasteiger charge is -2.31. The molecule has 18 heavy (non-hydrogen) atoms. The Hall–Kier alpha value is -0.900. The standard InChI is InChI=1S/C14H24N2O2/c1-3-8-11-12(17)16-13(15-11)14(18-2)9-6-4-5-7-10-14/h11H,3-10H2,1-2H3,(H,15,16,17). The molecule has 0 aromatic carbocycles. The Kier molecular flexibility index (Phi) is 4.38. The Morgan fingerprint density at radius 1 is 1.33 bits per heavy atom. The number of hydrogen-bond donors (Lipinski definition) is 1. The highest BCUT2D eigenvalue weighted by Gasteiger charge is 2.41. The average Bonchev–Trinajstić information content (AvgIpc) is 2.63. The van der Waals surface area contributed by atoms with Crippen molar-refractivity contribution in [2.45, 2.75) is 69.9 Å². The fourth-order valence-corrected chi connectivity index (χ4v) is 2.98. The topological polar surface area (TPSA) is 50.7 Å². The number of amides is 1. The summed E-state index contributed by atoms with van der Waals surface area (Å²) in [7, 11) is 1.74. The fraction of sp³-hybridized carbons (Fsp3) is 0.857. The first kappa shape index (κ1) is 13.5. The summed E-state index contributed by atoms with van der Waals surface area (Å²) in [6.45, 7) is 2.08. The smallest absolute Gasteiger partial charge is 0.250 e. The molecule has 1 atom stereocenters. The van der Waals surface area contributed by atoms with Crippen LogP contribution in [0.5, 0.6) is 0 Å². The van der Waals surface area contributed by atoms with Gasteiger partial charge >= 0.3 is 0 Å². The summed E-state index contributed by atoms with van der Waals surface area (Å²) < 4.78 is 5.77. The lowest BCUT2D eigenvalue weighted by Crippen LogP contribution is -2.47. The van der Waals surface area contributed by atoms with Crippen LogP contribution in [-0.2, 0) is 9.53 Å². The number of hydrogen-bond acceptors (Lipinski definition) is 3. The number of aliphatic imine (C=N–C) groups is 1. The molecular formula is C14H24N2O2. The van der Waals surface area contributed by atoms with Crippen molar-refractivity contribution in [2.75, 3.05) is 7.11 Å². The molecule has 0 spiro atoms. The van der Waals surface area contributed by atoms with Gasteiger partial charge in [0.2, 0.25) is 5.91 Å². The molecule has 1 amide bonds. The number of nitrogens with zero attached hydrogens (tertiary/aromatic N) is 1. The third-order valence-electron chi connectivity index (χ3n) is 4.12. The predicted molar refractivity (Wildman–Crippen MR) is 71.7 cm³/mol. The van der Waals surface area contributed by atoms with Crippen molar-refractivity contribution in [2.24, 2.45) is 4.99 Å². The van der Waals surface area contributed by atoms with Crippen molar-refractivity contribution in [1.82, 2.24) is 5.32 Å². The van der Waals surface area contributed by atoms with Gasteiger partial charge in [0, 0.05) is 7.11 Å². The Labute approximate surface area is 109 Å². The minimum atomic E-state index is -0.339. The van der Waals surface area contributed by atoms with Gasteiger partial charge < -0.3 is 10.1 Å². The molecule has 1 aliphatic carbocycles. The quantitative estimate of drug-likeness (QED) is 0.781. The molecule has 4 nitrogen and oxygen atoms in total. The summed E-state index contributed by atoms with van der Waals surface area (Å²) in [6.07, 6.45) is 8.57. The van der Waals surface area contributed by atoms with Crippen LogP contribution in [0.2, 0.25) is 0 Å². The largest absolute Gasteiger partial charge is 0.370 e. The summed E-state index contributed by atoms with van der Waals surface area (Å²) in [5.41, 5.74) is -0.339. The third kappa shape index (κ3) is 2.58. The van der Waals surface area contributed by atoms with Crippen LogP contribution in [0.4, 0.5) is 0 Å². The number of rotatable bonds is 4. The summed E-state index contributed by atoms with van der Waals surface area (Å²) in [5, 5.41) is 2.96. The number of amidine groups is 1. The average molecular weight is 252 g/mol. The van der Waals surface area contributed by atoms with Crippen LogP contribution >= 0.6 is 0 Å². The maximum Gasteiger partial charge on any atom is 0.250 e. The van der Waals surface area contributed by atoms with Crippen LogP contribution in [0, 0.1) is 0 Å². The highest BCUT2D eigenvalue weighted by atomic mass is 16.5. The molecule has 1 saturated carbocycles. The number of carbonyl (C=O) groups excluding carboxylic acids is 1. The van der Waals surface area contributed by atoms with E-state index in [0.717, 1.165) is 44.4 Å². The van der Waals surface area contributed by atoms with E-state index in [1.807, 2.05) is 0 Å². The second-order valence-corrected chi connectivity index (χ2v) is 5.38. The molecule has 1 heterocycles. The Balaban J connectivity index is 2.16. The zero-order valence-corrected chi connectivity index (χ0v) is 11.5. The van der Waals surface area contributed by atoms with Crippen LogP contribution in [0.15, 0.2) is 4.99 Å². The normalized spacial score (nSPS) is 27.6. The molecule has 2 rings (SSSR count). The van der Waals surface area contributed by atoms with Crippen LogP contribution in [0.1, 0.15) is 58.3 Å². The van der Waals surface area contributed by atoms with Crippen molar-refractivity contribution < 1.29 is 9.53 Å². The van der Waals surface area contributed by atoms with E-state index in [4.69, 9.17) is 4.74 Å². The first-order valence-corrected chi connectivity index (χ1v) is 7.16. The van der Waals surface area contributed by atoms with Gasteiger partial charge in [-0.25, -0.2) is 0 Å². The van der Waals surface area contributed by atoms with Crippen LogP contribution in [-0.4, -0.2) is 30.5 Å². The second kappa shape index (κ2) is 5.83. The monoisotopic (exact) mass is 252 g/mol. The summed E-state index contributed by atoms with van der Waals surface area (Å²) >= 11 is 0. The first-order chi connectivity index (χ1) is 8.72. The van der Waals surface area contributed by atoms with E-state index in [2.05, 4.69) is 17.2 Å². The van der Waals surface area contributed by atoms with E-state index in [0.29, 0.717) is 0 Å². The van der Waals surface area contributed by atoms with Gasteiger partial charge in [-0.1, -0.05) is 39.0 Å². The first-order valence-electron chi connectivity index (χ1n) is 7.16. The van der Waals surface area contributed by atoms with Crippen molar-refractivity contribution in [3.8, 4) is 0 Å². The predicted octanol–water partition coefficient (Wildman–Crippen LogP) is 2.42. The van der Waals surface area contributed by atoms with Crippen molar-refractivity contribution in [1.29, 1.82) is 0 Å². The van der Waals surface area contributed by atoms with Crippen molar-refractivity contribution in [3.05, 3.63) is 0 Å². The number of ether oxygens (including phenoxy) is 1. The molecule has 4 heteroatoms. The van der Waals surface area contributed by atoms with E-state index in [1.165, 1.54) is 12.8 Å². The molecule has 0 aromatic heterocycles. The second-order valence-electron chi connectivity index (χ2n) is 5.38. The summed E-state index contributed by atoms with van der Waals surface area (Å²) in [6, 6.07) is -0.194. The molecule has 1 aliphatic heterocycles. The molecule has 0 saturated heterocycles. The van der Waals surface area contributed by atoms with E-state index in [-0.39, 0.29) is 17.6 Å². The molecule has 0 aromatic rings. The molecular weight excluding hydrogens is 228 g/mol. The highest BCUT2D eigenvalue weighted by molar-refractivity contribution is 6.09. The minimum Gasteiger partial charge on any atom is -0.370 e. The lowest BCUT2D eigenvalue weighted by molar-refractivity contribution is -0.120. The van der Waals surface area contributed by atoms with Crippen molar-refractivity contribution in [3.63, 3.8) is 0 Å². The van der Waals surface area contributed by atoms with Gasteiger partial charge in [0.1, 0.15) is 17.5 Å². The minimum absolute atomic E-state index is 0.0486. The number of nitrogens with one attached hydrogen (secondary N) is 1. The Morgan fingerprint density at radius 2 is 2.00 bits per heavy atom. The maximum absolute atomic E-state index is 11.9. The zero-order valence-electron chi connectivity index (χ0n) is 11.5. The van der Waals surface area contributed by atoms with Crippen molar-refractivity contribution >= 4 is 11.7 Å². The number of carbonyl (C=O) groups is 1. The van der Waals surface area contributed by atoms with Crippen LogP contribution in [0.25, 0.3) is 0 Å². The van der Waals surface area contributed by atoms with Gasteiger partial charge in [-0.15, -0.1) is 0 Å². The lowest BCUT2D eigenvalue weighted by atomic mass is 9.92. The van der Waals surface area contributed by atoms with Gasteiger partial charge in [-0.3, -0.25) is 9.79 Å². The van der Waals surface area contributed by atoms with E-state index >= 15 is 0 Å². The van der Waals surface area contributed by atoms with Gasteiger partial charge in [-0.2, -0.15) is 0 Å².